The van der Waals surface area contributed by atoms with Crippen molar-refractivity contribution >= 4 is 10.1 Å². The minimum atomic E-state index is -4.02. The van der Waals surface area contributed by atoms with Gasteiger partial charge in [0.1, 0.15) is 0 Å². The molecule has 24 heavy (non-hydrogen) atoms. The first-order valence-electron chi connectivity index (χ1n) is 8.78. The maximum atomic E-state index is 10.5. The zero-order chi connectivity index (χ0) is 18.7. The van der Waals surface area contributed by atoms with Crippen LogP contribution in [0.1, 0.15) is 85.6 Å². The molecule has 146 valence electrons. The number of aryl methyl sites for hydroxylation is 1. The molecule has 0 saturated heterocycles. The Morgan fingerprint density at radius 2 is 0.958 bits per heavy atom. The highest BCUT2D eigenvalue weighted by atomic mass is 32.2. The molecule has 0 spiro atoms. The molecular weight excluding hydrogens is 322 g/mol. The summed E-state index contributed by atoms with van der Waals surface area (Å²) < 4.78 is 29.6. The van der Waals surface area contributed by atoms with Crippen molar-refractivity contribution in [1.82, 2.24) is 6.15 Å². The van der Waals surface area contributed by atoms with Gasteiger partial charge in [0.15, 0.2) is 0 Å². The van der Waals surface area contributed by atoms with Gasteiger partial charge in [-0.15, -0.1) is 0 Å². The van der Waals surface area contributed by atoms with Gasteiger partial charge in [-0.05, 0) is 19.1 Å². The summed E-state index contributed by atoms with van der Waals surface area (Å²) >= 11 is 0. The minimum Gasteiger partial charge on any atom is -0.344 e. The second kappa shape index (κ2) is 22.1. The van der Waals surface area contributed by atoms with Crippen LogP contribution in [0.15, 0.2) is 29.2 Å². The summed E-state index contributed by atoms with van der Waals surface area (Å²) in [6.07, 6.45) is 7.92. The molecule has 4 N–H and O–H groups in total. The van der Waals surface area contributed by atoms with Crippen LogP contribution in [0.2, 0.25) is 0 Å². The Morgan fingerprint density at radius 1 is 0.708 bits per heavy atom. The Kier molecular flexibility index (Phi) is 28.5. The van der Waals surface area contributed by atoms with Gasteiger partial charge >= 0.3 is 0 Å². The fraction of sp³-hybridized carbons (Fsp3) is 0.684. The van der Waals surface area contributed by atoms with E-state index in [9.17, 15) is 8.42 Å². The van der Waals surface area contributed by atoms with Crippen LogP contribution < -0.4 is 6.15 Å². The van der Waals surface area contributed by atoms with E-state index in [2.05, 4.69) is 41.5 Å². The van der Waals surface area contributed by atoms with Crippen LogP contribution in [0.4, 0.5) is 0 Å². The van der Waals surface area contributed by atoms with Crippen molar-refractivity contribution in [2.75, 3.05) is 0 Å². The van der Waals surface area contributed by atoms with Gasteiger partial charge in [-0.1, -0.05) is 97.8 Å². The second-order valence-electron chi connectivity index (χ2n) is 5.29. The summed E-state index contributed by atoms with van der Waals surface area (Å²) in [4.78, 5) is -0.0666. The van der Waals surface area contributed by atoms with Crippen LogP contribution in [0.3, 0.4) is 0 Å². The Balaban J connectivity index is -0.000000130. The fourth-order valence-corrected chi connectivity index (χ4v) is 1.19. The molecule has 0 aromatic heterocycles. The lowest BCUT2D eigenvalue weighted by atomic mass is 10.2. The molecule has 5 heteroatoms. The zero-order valence-electron chi connectivity index (χ0n) is 16.9. The molecule has 0 aliphatic rings. The first kappa shape index (κ1) is 30.9. The van der Waals surface area contributed by atoms with E-state index in [4.69, 9.17) is 4.55 Å². The summed E-state index contributed by atoms with van der Waals surface area (Å²) in [5.74, 6) is 0. The van der Waals surface area contributed by atoms with Gasteiger partial charge in [-0.25, -0.2) is 0 Å². The smallest absolute Gasteiger partial charge is 0.294 e. The van der Waals surface area contributed by atoms with E-state index in [1.807, 2.05) is 6.92 Å². The largest absolute Gasteiger partial charge is 0.344 e. The lowest BCUT2D eigenvalue weighted by molar-refractivity contribution is 0.483. The molecule has 4 nitrogen and oxygen atoms in total. The zero-order valence-corrected chi connectivity index (χ0v) is 17.7. The SMILES string of the molecule is CCCC.CCCC.CCCC.Cc1ccc(S(=O)(=O)O)cc1.N. The summed E-state index contributed by atoms with van der Waals surface area (Å²) in [6, 6.07) is 5.99. The van der Waals surface area contributed by atoms with E-state index in [0.717, 1.165) is 5.56 Å². The third kappa shape index (κ3) is 26.0. The molecule has 1 aromatic rings. The minimum absolute atomic E-state index is 0. The van der Waals surface area contributed by atoms with E-state index in [0.29, 0.717) is 0 Å². The average Bonchev–Trinajstić information content (AvgIpc) is 2.55. The Labute approximate surface area is 151 Å². The number of hydrogen-bond donors (Lipinski definition) is 2. The van der Waals surface area contributed by atoms with Crippen molar-refractivity contribution in [2.45, 2.75) is 91.9 Å². The molecule has 0 fully saturated rings. The van der Waals surface area contributed by atoms with Gasteiger partial charge in [0, 0.05) is 0 Å². The van der Waals surface area contributed by atoms with Crippen molar-refractivity contribution in [3.05, 3.63) is 29.8 Å². The molecule has 0 saturated carbocycles. The van der Waals surface area contributed by atoms with Crippen molar-refractivity contribution in [3.63, 3.8) is 0 Å². The topological polar surface area (TPSA) is 89.4 Å². The molecule has 0 bridgehead atoms. The molecule has 0 aliphatic heterocycles. The number of benzene rings is 1. The molecule has 0 atom stereocenters. The van der Waals surface area contributed by atoms with Gasteiger partial charge in [0.25, 0.3) is 10.1 Å². The van der Waals surface area contributed by atoms with Crippen LogP contribution in [0, 0.1) is 6.92 Å². The first-order chi connectivity index (χ1) is 10.7. The summed E-state index contributed by atoms with van der Waals surface area (Å²) in [5, 5.41) is 0. The Bertz CT molecular complexity index is 413. The van der Waals surface area contributed by atoms with E-state index < -0.39 is 10.1 Å². The van der Waals surface area contributed by atoms with Gasteiger partial charge in [0.05, 0.1) is 4.90 Å². The molecule has 0 amide bonds. The van der Waals surface area contributed by atoms with Gasteiger partial charge in [0.2, 0.25) is 0 Å². The van der Waals surface area contributed by atoms with Crippen LogP contribution in [-0.2, 0) is 10.1 Å². The highest BCUT2D eigenvalue weighted by Crippen LogP contribution is 2.08. The molecule has 1 rings (SSSR count). The van der Waals surface area contributed by atoms with Gasteiger partial charge in [-0.2, -0.15) is 8.42 Å². The maximum absolute atomic E-state index is 10.5. The van der Waals surface area contributed by atoms with E-state index in [1.165, 1.54) is 50.7 Å². The van der Waals surface area contributed by atoms with Crippen LogP contribution in [0.25, 0.3) is 0 Å². The monoisotopic (exact) mass is 363 g/mol. The lowest BCUT2D eigenvalue weighted by Gasteiger charge is -1.95. The Hall–Kier alpha value is -0.910. The van der Waals surface area contributed by atoms with Gasteiger partial charge in [-0.3, -0.25) is 4.55 Å². The first-order valence-corrected chi connectivity index (χ1v) is 10.2. The van der Waals surface area contributed by atoms with Crippen LogP contribution >= 0.6 is 0 Å². The van der Waals surface area contributed by atoms with Crippen LogP contribution in [-0.4, -0.2) is 13.0 Å². The van der Waals surface area contributed by atoms with Crippen molar-refractivity contribution in [1.29, 1.82) is 0 Å². The van der Waals surface area contributed by atoms with E-state index in [-0.39, 0.29) is 11.0 Å². The normalized spacial score (nSPS) is 9.00. The molecule has 0 radical (unpaired) electrons. The summed E-state index contributed by atoms with van der Waals surface area (Å²) in [7, 11) is -4.02. The third-order valence-corrected chi connectivity index (χ3v) is 3.69. The number of rotatable bonds is 4. The van der Waals surface area contributed by atoms with Gasteiger partial charge < -0.3 is 6.15 Å². The van der Waals surface area contributed by atoms with Crippen LogP contribution in [0.5, 0.6) is 0 Å². The fourth-order valence-electron chi connectivity index (χ4n) is 0.710. The highest BCUT2D eigenvalue weighted by molar-refractivity contribution is 7.85. The van der Waals surface area contributed by atoms with E-state index >= 15 is 0 Å². The molecule has 0 heterocycles. The lowest BCUT2D eigenvalue weighted by Crippen LogP contribution is -1.96. The number of unbranched alkanes of at least 4 members (excludes halogenated alkanes) is 3. The second-order valence-corrected chi connectivity index (χ2v) is 6.71. The molecule has 1 aromatic carbocycles. The highest BCUT2D eigenvalue weighted by Gasteiger charge is 2.06. The molecular formula is C19H41NO3S. The Morgan fingerprint density at radius 3 is 1.12 bits per heavy atom. The number of hydrogen-bond acceptors (Lipinski definition) is 3. The van der Waals surface area contributed by atoms with Crippen molar-refractivity contribution in [2.24, 2.45) is 0 Å². The standard InChI is InChI=1S/C7H8O3S.3C4H10.H3N/c1-6-2-4-7(5-3-6)11(8,9)10;3*1-3-4-2;/h2-5H,1H3,(H,8,9,10);3*3-4H2,1-2H3;1H3. The van der Waals surface area contributed by atoms with Crippen molar-refractivity contribution in [3.8, 4) is 0 Å². The molecule has 0 unspecified atom stereocenters. The quantitative estimate of drug-likeness (QED) is 0.574. The average molecular weight is 364 g/mol. The predicted molar refractivity (Wildman–Crippen MR) is 108 cm³/mol. The summed E-state index contributed by atoms with van der Waals surface area (Å²) in [6.45, 7) is 14.9. The molecule has 0 aliphatic carbocycles. The van der Waals surface area contributed by atoms with Crippen molar-refractivity contribution < 1.29 is 13.0 Å². The predicted octanol–water partition coefficient (Wildman–Crippen LogP) is 6.82. The third-order valence-electron chi connectivity index (χ3n) is 2.82. The van der Waals surface area contributed by atoms with E-state index in [1.54, 1.807) is 12.1 Å². The summed E-state index contributed by atoms with van der Waals surface area (Å²) in [5.41, 5.74) is 0.956. The maximum Gasteiger partial charge on any atom is 0.294 e.